The summed E-state index contributed by atoms with van der Waals surface area (Å²) in [5.41, 5.74) is 2.83. The van der Waals surface area contributed by atoms with Gasteiger partial charge in [0, 0.05) is 17.3 Å². The van der Waals surface area contributed by atoms with Crippen LogP contribution in [0.4, 0.5) is 5.82 Å². The SMILES string of the molecule is CC(C)C1CCc2[nH]nc(NC3CCNCC3)c2C1. The van der Waals surface area contributed by atoms with Crippen LogP contribution in [-0.2, 0) is 12.8 Å². The molecular weight excluding hydrogens is 236 g/mol. The number of aryl methyl sites for hydroxylation is 1. The van der Waals surface area contributed by atoms with Gasteiger partial charge in [-0.05, 0) is 57.0 Å². The van der Waals surface area contributed by atoms with Crippen LogP contribution in [0.5, 0.6) is 0 Å². The second-order valence-corrected chi connectivity index (χ2v) is 6.44. The van der Waals surface area contributed by atoms with E-state index in [1.807, 2.05) is 0 Å². The Labute approximate surface area is 115 Å². The summed E-state index contributed by atoms with van der Waals surface area (Å²) in [6.45, 7) is 6.93. The van der Waals surface area contributed by atoms with Gasteiger partial charge in [-0.25, -0.2) is 0 Å². The molecule has 19 heavy (non-hydrogen) atoms. The summed E-state index contributed by atoms with van der Waals surface area (Å²) >= 11 is 0. The highest BCUT2D eigenvalue weighted by atomic mass is 15.2. The number of nitrogens with one attached hydrogen (secondary N) is 3. The topological polar surface area (TPSA) is 52.7 Å². The molecule has 106 valence electrons. The second-order valence-electron chi connectivity index (χ2n) is 6.44. The fourth-order valence-corrected chi connectivity index (χ4v) is 3.37. The normalized spacial score (nSPS) is 24.5. The lowest BCUT2D eigenvalue weighted by molar-refractivity contribution is 0.342. The lowest BCUT2D eigenvalue weighted by Gasteiger charge is -2.27. The Bertz CT molecular complexity index is 418. The van der Waals surface area contributed by atoms with Gasteiger partial charge in [0.1, 0.15) is 0 Å². The maximum Gasteiger partial charge on any atom is 0.151 e. The van der Waals surface area contributed by atoms with E-state index in [1.165, 1.54) is 43.4 Å². The maximum atomic E-state index is 4.53. The molecule has 0 saturated carbocycles. The Balaban J connectivity index is 1.71. The van der Waals surface area contributed by atoms with Gasteiger partial charge >= 0.3 is 0 Å². The summed E-state index contributed by atoms with van der Waals surface area (Å²) in [4.78, 5) is 0. The molecule has 0 bridgehead atoms. The average Bonchev–Trinajstić information content (AvgIpc) is 2.82. The van der Waals surface area contributed by atoms with Gasteiger partial charge in [0.2, 0.25) is 0 Å². The first-order valence-electron chi connectivity index (χ1n) is 7.77. The highest BCUT2D eigenvalue weighted by molar-refractivity contribution is 5.48. The first-order valence-corrected chi connectivity index (χ1v) is 7.77. The van der Waals surface area contributed by atoms with Crippen LogP contribution in [0, 0.1) is 11.8 Å². The molecule has 4 heteroatoms. The predicted octanol–water partition coefficient (Wildman–Crippen LogP) is 2.33. The van der Waals surface area contributed by atoms with Crippen LogP contribution < -0.4 is 10.6 Å². The van der Waals surface area contributed by atoms with E-state index in [0.717, 1.165) is 30.7 Å². The molecule has 4 nitrogen and oxygen atoms in total. The van der Waals surface area contributed by atoms with Crippen molar-refractivity contribution in [2.24, 2.45) is 11.8 Å². The Morgan fingerprint density at radius 2 is 2.00 bits per heavy atom. The van der Waals surface area contributed by atoms with Crippen molar-refractivity contribution in [3.8, 4) is 0 Å². The number of piperidine rings is 1. The minimum Gasteiger partial charge on any atom is -0.366 e. The van der Waals surface area contributed by atoms with Crippen molar-refractivity contribution < 1.29 is 0 Å². The van der Waals surface area contributed by atoms with Crippen molar-refractivity contribution >= 4 is 5.82 Å². The molecule has 1 saturated heterocycles. The van der Waals surface area contributed by atoms with E-state index in [-0.39, 0.29) is 0 Å². The van der Waals surface area contributed by atoms with Gasteiger partial charge in [-0.3, -0.25) is 5.10 Å². The first kappa shape index (κ1) is 13.0. The molecule has 1 aliphatic carbocycles. The van der Waals surface area contributed by atoms with Gasteiger partial charge in [0.25, 0.3) is 0 Å². The highest BCUT2D eigenvalue weighted by Crippen LogP contribution is 2.33. The number of aromatic amines is 1. The molecule has 1 aromatic rings. The minimum absolute atomic E-state index is 0.591. The van der Waals surface area contributed by atoms with E-state index in [4.69, 9.17) is 0 Å². The fourth-order valence-electron chi connectivity index (χ4n) is 3.37. The van der Waals surface area contributed by atoms with E-state index >= 15 is 0 Å². The third-order valence-electron chi connectivity index (χ3n) is 4.81. The minimum atomic E-state index is 0.591. The molecule has 1 fully saturated rings. The third-order valence-corrected chi connectivity index (χ3v) is 4.81. The summed E-state index contributed by atoms with van der Waals surface area (Å²) in [5, 5.41) is 14.9. The van der Waals surface area contributed by atoms with E-state index < -0.39 is 0 Å². The van der Waals surface area contributed by atoms with Crippen molar-refractivity contribution in [2.45, 2.75) is 52.0 Å². The standard InChI is InChI=1S/C15H26N4/c1-10(2)11-3-4-14-13(9-11)15(19-18-14)17-12-5-7-16-8-6-12/h10-12,16H,3-9H2,1-2H3,(H2,17,18,19). The maximum absolute atomic E-state index is 4.53. The number of hydrogen-bond acceptors (Lipinski definition) is 3. The monoisotopic (exact) mass is 262 g/mol. The zero-order chi connectivity index (χ0) is 13.2. The summed E-state index contributed by atoms with van der Waals surface area (Å²) in [5.74, 6) is 2.72. The molecule has 2 aliphatic rings. The van der Waals surface area contributed by atoms with Crippen molar-refractivity contribution in [2.75, 3.05) is 18.4 Å². The Kier molecular flexibility index (Phi) is 3.78. The van der Waals surface area contributed by atoms with E-state index in [1.54, 1.807) is 0 Å². The Morgan fingerprint density at radius 1 is 1.21 bits per heavy atom. The van der Waals surface area contributed by atoms with Crippen LogP contribution in [0.2, 0.25) is 0 Å². The van der Waals surface area contributed by atoms with E-state index in [2.05, 4.69) is 34.7 Å². The Hall–Kier alpha value is -1.03. The molecule has 1 atom stereocenters. The number of rotatable bonds is 3. The van der Waals surface area contributed by atoms with Crippen LogP contribution in [0.3, 0.4) is 0 Å². The smallest absolute Gasteiger partial charge is 0.151 e. The van der Waals surface area contributed by atoms with Crippen molar-refractivity contribution in [1.82, 2.24) is 15.5 Å². The number of H-pyrrole nitrogens is 1. The largest absolute Gasteiger partial charge is 0.366 e. The molecule has 0 spiro atoms. The van der Waals surface area contributed by atoms with Crippen LogP contribution in [-0.4, -0.2) is 29.3 Å². The quantitative estimate of drug-likeness (QED) is 0.783. The number of hydrogen-bond donors (Lipinski definition) is 3. The predicted molar refractivity (Wildman–Crippen MR) is 78.5 cm³/mol. The summed E-state index contributed by atoms with van der Waals surface area (Å²) < 4.78 is 0. The lowest BCUT2D eigenvalue weighted by atomic mass is 9.80. The van der Waals surface area contributed by atoms with Gasteiger partial charge in [-0.15, -0.1) is 0 Å². The van der Waals surface area contributed by atoms with Gasteiger partial charge in [-0.2, -0.15) is 5.10 Å². The summed E-state index contributed by atoms with van der Waals surface area (Å²) in [6, 6.07) is 0.591. The first-order chi connectivity index (χ1) is 9.24. The van der Waals surface area contributed by atoms with E-state index in [0.29, 0.717) is 6.04 Å². The molecule has 2 heterocycles. The molecular formula is C15H26N4. The zero-order valence-corrected chi connectivity index (χ0v) is 12.1. The number of aromatic nitrogens is 2. The lowest BCUT2D eigenvalue weighted by Crippen LogP contribution is -2.35. The van der Waals surface area contributed by atoms with Crippen molar-refractivity contribution in [3.63, 3.8) is 0 Å². The molecule has 1 aromatic heterocycles. The van der Waals surface area contributed by atoms with Crippen molar-refractivity contribution in [1.29, 1.82) is 0 Å². The molecule has 0 aromatic carbocycles. The van der Waals surface area contributed by atoms with Crippen molar-refractivity contribution in [3.05, 3.63) is 11.3 Å². The van der Waals surface area contributed by atoms with Crippen LogP contribution in [0.15, 0.2) is 0 Å². The molecule has 0 amide bonds. The fraction of sp³-hybridized carbons (Fsp3) is 0.800. The highest BCUT2D eigenvalue weighted by Gasteiger charge is 2.26. The van der Waals surface area contributed by atoms with Crippen LogP contribution in [0.1, 0.15) is 44.4 Å². The number of nitrogens with zero attached hydrogens (tertiary/aromatic N) is 1. The molecule has 1 unspecified atom stereocenters. The van der Waals surface area contributed by atoms with Crippen LogP contribution in [0.25, 0.3) is 0 Å². The third kappa shape index (κ3) is 2.78. The molecule has 3 N–H and O–H groups in total. The number of anilines is 1. The molecule has 0 radical (unpaired) electrons. The second kappa shape index (κ2) is 5.53. The molecule has 3 rings (SSSR count). The van der Waals surface area contributed by atoms with Gasteiger partial charge < -0.3 is 10.6 Å². The summed E-state index contributed by atoms with van der Waals surface area (Å²) in [7, 11) is 0. The Morgan fingerprint density at radius 3 is 2.74 bits per heavy atom. The van der Waals surface area contributed by atoms with Crippen LogP contribution >= 0.6 is 0 Å². The summed E-state index contributed by atoms with van der Waals surface area (Å²) in [6.07, 6.45) is 6.07. The van der Waals surface area contributed by atoms with Gasteiger partial charge in [0.15, 0.2) is 5.82 Å². The average molecular weight is 262 g/mol. The molecule has 1 aliphatic heterocycles. The van der Waals surface area contributed by atoms with Gasteiger partial charge in [-0.1, -0.05) is 13.8 Å². The van der Waals surface area contributed by atoms with Gasteiger partial charge in [0.05, 0.1) is 0 Å². The number of fused-ring (bicyclic) bond motifs is 1. The zero-order valence-electron chi connectivity index (χ0n) is 12.1. The van der Waals surface area contributed by atoms with E-state index in [9.17, 15) is 0 Å².